The fourth-order valence-electron chi connectivity index (χ4n) is 2.48. The van der Waals surface area contributed by atoms with Gasteiger partial charge in [-0.2, -0.15) is 0 Å². The van der Waals surface area contributed by atoms with Gasteiger partial charge in [0.15, 0.2) is 23.9 Å². The van der Waals surface area contributed by atoms with Crippen LogP contribution < -0.4 is 20.1 Å². The second-order valence-corrected chi connectivity index (χ2v) is 7.55. The summed E-state index contributed by atoms with van der Waals surface area (Å²) in [5.41, 5.74) is -0.0992. The lowest BCUT2D eigenvalue weighted by Crippen LogP contribution is -2.33. The van der Waals surface area contributed by atoms with Gasteiger partial charge in [0.05, 0.1) is 5.69 Å². The van der Waals surface area contributed by atoms with E-state index in [0.717, 1.165) is 0 Å². The summed E-state index contributed by atoms with van der Waals surface area (Å²) in [6, 6.07) is 2.98. The molecule has 1 heterocycles. The molecule has 0 aliphatic carbocycles. The zero-order valence-electron chi connectivity index (χ0n) is 17.5. The summed E-state index contributed by atoms with van der Waals surface area (Å²) in [7, 11) is 0. The smallest absolute Gasteiger partial charge is 0.407 e. The number of benzene rings is 1. The predicted molar refractivity (Wildman–Crippen MR) is 106 cm³/mol. The second kappa shape index (κ2) is 9.95. The number of Topliss-reactive ketones (excluding diaryl/α,β-unsaturated/α-hetero) is 1. The first-order valence-electron chi connectivity index (χ1n) is 9.42. The third kappa shape index (κ3) is 7.26. The van der Waals surface area contributed by atoms with Crippen LogP contribution in [0.25, 0.3) is 0 Å². The van der Waals surface area contributed by atoms with E-state index in [1.54, 1.807) is 20.8 Å². The number of rotatable bonds is 8. The van der Waals surface area contributed by atoms with Gasteiger partial charge in [0.1, 0.15) is 5.60 Å². The Morgan fingerprint density at radius 3 is 2.40 bits per heavy atom. The number of carbonyl (C=O) groups excluding carboxylic acids is 4. The average molecular weight is 422 g/mol. The summed E-state index contributed by atoms with van der Waals surface area (Å²) in [5.74, 6) is -0.627. The maximum Gasteiger partial charge on any atom is 0.407 e. The van der Waals surface area contributed by atoms with Crippen LogP contribution >= 0.6 is 0 Å². The standard InChI is InChI=1S/C20H26N2O8/c1-12(23)13-8-15-16(29-11-28-15)9-14(13)22-17(24)10-27-18(25)6-5-7-21-19(26)30-20(2,3)4/h8-9H,5-7,10-11H2,1-4H3,(H,21,26)(H,22,24). The number of anilines is 1. The first-order chi connectivity index (χ1) is 14.0. The van der Waals surface area contributed by atoms with E-state index >= 15 is 0 Å². The molecule has 0 fully saturated rings. The Bertz CT molecular complexity index is 829. The van der Waals surface area contributed by atoms with Gasteiger partial charge in [-0.25, -0.2) is 4.79 Å². The highest BCUT2D eigenvalue weighted by molar-refractivity contribution is 6.05. The third-order valence-corrected chi connectivity index (χ3v) is 3.76. The van der Waals surface area contributed by atoms with Crippen molar-refractivity contribution in [1.82, 2.24) is 5.32 Å². The molecule has 164 valence electrons. The van der Waals surface area contributed by atoms with E-state index in [1.807, 2.05) is 0 Å². The molecule has 2 amide bonds. The lowest BCUT2D eigenvalue weighted by atomic mass is 10.1. The van der Waals surface area contributed by atoms with Crippen molar-refractivity contribution < 1.29 is 38.1 Å². The molecule has 2 N–H and O–H groups in total. The van der Waals surface area contributed by atoms with Crippen LogP contribution in [0.3, 0.4) is 0 Å². The maximum atomic E-state index is 12.1. The van der Waals surface area contributed by atoms with Gasteiger partial charge in [0.2, 0.25) is 6.79 Å². The normalized spacial score (nSPS) is 12.1. The van der Waals surface area contributed by atoms with Crippen molar-refractivity contribution in [1.29, 1.82) is 0 Å². The van der Waals surface area contributed by atoms with Gasteiger partial charge in [-0.3, -0.25) is 14.4 Å². The Morgan fingerprint density at radius 2 is 1.77 bits per heavy atom. The minimum absolute atomic E-state index is 0.0196. The predicted octanol–water partition coefficient (Wildman–Crippen LogP) is 2.40. The number of ether oxygens (including phenoxy) is 4. The van der Waals surface area contributed by atoms with Crippen LogP contribution in [0.1, 0.15) is 50.9 Å². The first kappa shape index (κ1) is 23.0. The summed E-state index contributed by atoms with van der Waals surface area (Å²) in [4.78, 5) is 47.2. The number of carbonyl (C=O) groups is 4. The molecule has 0 spiro atoms. The molecule has 10 heteroatoms. The molecule has 1 aromatic carbocycles. The fraction of sp³-hybridized carbons (Fsp3) is 0.500. The summed E-state index contributed by atoms with van der Waals surface area (Å²) in [6.07, 6.45) is -0.220. The third-order valence-electron chi connectivity index (χ3n) is 3.76. The van der Waals surface area contributed by atoms with Crippen LogP contribution in [0.4, 0.5) is 10.5 Å². The molecule has 0 bridgehead atoms. The van der Waals surface area contributed by atoms with Gasteiger partial charge in [-0.1, -0.05) is 0 Å². The van der Waals surface area contributed by atoms with Crippen LogP contribution in [0.2, 0.25) is 0 Å². The highest BCUT2D eigenvalue weighted by Gasteiger charge is 2.21. The van der Waals surface area contributed by atoms with E-state index in [2.05, 4.69) is 10.6 Å². The Labute approximate surface area is 174 Å². The van der Waals surface area contributed by atoms with Crippen molar-refractivity contribution in [3.05, 3.63) is 17.7 Å². The van der Waals surface area contributed by atoms with Crippen molar-refractivity contribution in [2.75, 3.05) is 25.3 Å². The Hall–Kier alpha value is -3.30. The topological polar surface area (TPSA) is 129 Å². The SMILES string of the molecule is CC(=O)c1cc2c(cc1NC(=O)COC(=O)CCCNC(=O)OC(C)(C)C)OCO2. The van der Waals surface area contributed by atoms with Crippen molar-refractivity contribution >= 4 is 29.4 Å². The molecule has 1 aliphatic rings. The number of alkyl carbamates (subject to hydrolysis) is 1. The average Bonchev–Trinajstić information content (AvgIpc) is 3.08. The van der Waals surface area contributed by atoms with Crippen molar-refractivity contribution in [3.8, 4) is 11.5 Å². The monoisotopic (exact) mass is 422 g/mol. The Morgan fingerprint density at radius 1 is 1.10 bits per heavy atom. The molecule has 2 rings (SSSR count). The lowest BCUT2D eigenvalue weighted by molar-refractivity contribution is -0.147. The van der Waals surface area contributed by atoms with E-state index in [4.69, 9.17) is 18.9 Å². The summed E-state index contributed by atoms with van der Waals surface area (Å²) in [6.45, 7) is 6.36. The van der Waals surface area contributed by atoms with Crippen LogP contribution in [0.15, 0.2) is 12.1 Å². The number of amides is 2. The largest absolute Gasteiger partial charge is 0.456 e. The molecule has 0 aromatic heterocycles. The van der Waals surface area contributed by atoms with E-state index in [-0.39, 0.29) is 36.8 Å². The minimum Gasteiger partial charge on any atom is -0.456 e. The second-order valence-electron chi connectivity index (χ2n) is 7.55. The number of nitrogens with one attached hydrogen (secondary N) is 2. The lowest BCUT2D eigenvalue weighted by Gasteiger charge is -2.19. The molecule has 1 aliphatic heterocycles. The quantitative estimate of drug-likeness (QED) is 0.371. The Kier molecular flexibility index (Phi) is 7.62. The van der Waals surface area contributed by atoms with Crippen LogP contribution in [-0.4, -0.2) is 49.3 Å². The van der Waals surface area contributed by atoms with Gasteiger partial charge >= 0.3 is 12.1 Å². The molecule has 1 aromatic rings. The van der Waals surface area contributed by atoms with Crippen LogP contribution in [0, 0.1) is 0 Å². The number of hydrogen-bond acceptors (Lipinski definition) is 8. The molecule has 10 nitrogen and oxygen atoms in total. The van der Waals surface area contributed by atoms with E-state index in [1.165, 1.54) is 19.1 Å². The fourth-order valence-corrected chi connectivity index (χ4v) is 2.48. The van der Waals surface area contributed by atoms with Crippen molar-refractivity contribution in [2.24, 2.45) is 0 Å². The van der Waals surface area contributed by atoms with Crippen LogP contribution in [0.5, 0.6) is 11.5 Å². The van der Waals surface area contributed by atoms with E-state index < -0.39 is 30.2 Å². The van der Waals surface area contributed by atoms with E-state index in [9.17, 15) is 19.2 Å². The molecule has 0 unspecified atom stereocenters. The van der Waals surface area contributed by atoms with Crippen molar-refractivity contribution in [2.45, 2.75) is 46.1 Å². The van der Waals surface area contributed by atoms with E-state index in [0.29, 0.717) is 17.9 Å². The van der Waals surface area contributed by atoms with Gasteiger partial charge in [-0.05, 0) is 40.2 Å². The number of hydrogen-bond donors (Lipinski definition) is 2. The van der Waals surface area contributed by atoms with Gasteiger partial charge < -0.3 is 29.6 Å². The van der Waals surface area contributed by atoms with Crippen LogP contribution in [-0.2, 0) is 19.1 Å². The zero-order valence-corrected chi connectivity index (χ0v) is 17.5. The zero-order chi connectivity index (χ0) is 22.3. The van der Waals surface area contributed by atoms with Crippen molar-refractivity contribution in [3.63, 3.8) is 0 Å². The Balaban J connectivity index is 1.74. The molecule has 0 saturated carbocycles. The summed E-state index contributed by atoms with van der Waals surface area (Å²) in [5, 5.41) is 5.06. The molecule has 30 heavy (non-hydrogen) atoms. The molecular formula is C20H26N2O8. The maximum absolute atomic E-state index is 12.1. The number of esters is 1. The van der Waals surface area contributed by atoms with Gasteiger partial charge in [0, 0.05) is 24.6 Å². The summed E-state index contributed by atoms with van der Waals surface area (Å²) < 4.78 is 20.5. The molecular weight excluding hydrogens is 396 g/mol. The van der Waals surface area contributed by atoms with Gasteiger partial charge in [-0.15, -0.1) is 0 Å². The highest BCUT2D eigenvalue weighted by atomic mass is 16.7. The molecule has 0 atom stereocenters. The summed E-state index contributed by atoms with van der Waals surface area (Å²) >= 11 is 0. The molecule has 0 saturated heterocycles. The molecule has 0 radical (unpaired) electrons. The highest BCUT2D eigenvalue weighted by Crippen LogP contribution is 2.37. The van der Waals surface area contributed by atoms with Gasteiger partial charge in [0.25, 0.3) is 5.91 Å². The minimum atomic E-state index is -0.601. The number of fused-ring (bicyclic) bond motifs is 1. The number of ketones is 1. The first-order valence-corrected chi connectivity index (χ1v) is 9.42.